The summed E-state index contributed by atoms with van der Waals surface area (Å²) in [5, 5.41) is 10.5. The molecule has 1 heterocycles. The lowest BCUT2D eigenvalue weighted by atomic mass is 9.95. The van der Waals surface area contributed by atoms with E-state index in [1.165, 1.54) is 0 Å². The third-order valence-corrected chi connectivity index (χ3v) is 2.35. The van der Waals surface area contributed by atoms with E-state index in [9.17, 15) is 4.79 Å². The average Bonchev–Trinajstić information content (AvgIpc) is 2.08. The monoisotopic (exact) mass is 187 g/mol. The molecule has 0 aromatic heterocycles. The molecule has 1 saturated heterocycles. The highest BCUT2D eigenvalue weighted by molar-refractivity contribution is 5.67. The first-order valence-electron chi connectivity index (χ1n) is 4.82. The summed E-state index contributed by atoms with van der Waals surface area (Å²) in [5.74, 6) is -0.343. The maximum atomic E-state index is 10.4. The minimum absolute atomic E-state index is 0.306. The molecular weight excluding hydrogens is 170 g/mol. The van der Waals surface area contributed by atoms with Crippen molar-refractivity contribution in [3.8, 4) is 0 Å². The molecule has 0 spiro atoms. The van der Waals surface area contributed by atoms with Crippen LogP contribution < -0.4 is 0 Å². The maximum Gasteiger partial charge on any atom is 0.303 e. The number of piperidine rings is 1. The topological polar surface area (TPSA) is 49.8 Å². The predicted octanol–water partition coefficient (Wildman–Crippen LogP) is 1.12. The lowest BCUT2D eigenvalue weighted by molar-refractivity contribution is -0.171. The number of hydrogen-bond acceptors (Lipinski definition) is 3. The van der Waals surface area contributed by atoms with Gasteiger partial charge in [0.05, 0.1) is 6.61 Å². The van der Waals surface area contributed by atoms with Crippen molar-refractivity contribution in [2.24, 2.45) is 5.92 Å². The number of hydrogen-bond donors (Lipinski definition) is 1. The SMILES string of the molecule is CCON1CCC(CC(=O)O)CC1. The Morgan fingerprint density at radius 1 is 1.54 bits per heavy atom. The van der Waals surface area contributed by atoms with Crippen molar-refractivity contribution < 1.29 is 14.7 Å². The van der Waals surface area contributed by atoms with Gasteiger partial charge < -0.3 is 5.11 Å². The van der Waals surface area contributed by atoms with Crippen molar-refractivity contribution in [3.05, 3.63) is 0 Å². The predicted molar refractivity (Wildman–Crippen MR) is 48.2 cm³/mol. The summed E-state index contributed by atoms with van der Waals surface area (Å²) < 4.78 is 0. The van der Waals surface area contributed by atoms with Crippen LogP contribution in [0.1, 0.15) is 26.2 Å². The van der Waals surface area contributed by atoms with Crippen molar-refractivity contribution in [2.45, 2.75) is 26.2 Å². The molecule has 0 saturated carbocycles. The van der Waals surface area contributed by atoms with Gasteiger partial charge in [0.25, 0.3) is 0 Å². The fraction of sp³-hybridized carbons (Fsp3) is 0.889. The van der Waals surface area contributed by atoms with E-state index in [1.54, 1.807) is 0 Å². The Kier molecular flexibility index (Phi) is 4.18. The fourth-order valence-electron chi connectivity index (χ4n) is 1.67. The highest BCUT2D eigenvalue weighted by Gasteiger charge is 2.21. The third kappa shape index (κ3) is 3.74. The third-order valence-electron chi connectivity index (χ3n) is 2.35. The Bertz CT molecular complexity index is 164. The molecule has 1 fully saturated rings. The minimum atomic E-state index is -0.685. The van der Waals surface area contributed by atoms with Crippen molar-refractivity contribution in [1.29, 1.82) is 0 Å². The molecule has 0 aromatic rings. The second-order valence-corrected chi connectivity index (χ2v) is 3.39. The van der Waals surface area contributed by atoms with E-state index >= 15 is 0 Å². The molecule has 0 aliphatic carbocycles. The van der Waals surface area contributed by atoms with Crippen LogP contribution in [0.2, 0.25) is 0 Å². The fourth-order valence-corrected chi connectivity index (χ4v) is 1.67. The molecule has 4 nitrogen and oxygen atoms in total. The molecule has 1 aliphatic rings. The number of carbonyl (C=O) groups is 1. The van der Waals surface area contributed by atoms with Gasteiger partial charge in [-0.1, -0.05) is 0 Å². The highest BCUT2D eigenvalue weighted by atomic mass is 16.7. The van der Waals surface area contributed by atoms with Gasteiger partial charge in [0.15, 0.2) is 0 Å². The molecule has 0 amide bonds. The zero-order chi connectivity index (χ0) is 9.68. The molecule has 1 N–H and O–H groups in total. The maximum absolute atomic E-state index is 10.4. The van der Waals surface area contributed by atoms with Crippen LogP contribution in [0.5, 0.6) is 0 Å². The van der Waals surface area contributed by atoms with Gasteiger partial charge in [-0.25, -0.2) is 0 Å². The highest BCUT2D eigenvalue weighted by Crippen LogP contribution is 2.20. The lowest BCUT2D eigenvalue weighted by Crippen LogP contribution is -2.34. The molecule has 1 rings (SSSR count). The van der Waals surface area contributed by atoms with E-state index in [4.69, 9.17) is 9.94 Å². The number of carboxylic acid groups (broad SMARTS) is 1. The summed E-state index contributed by atoms with van der Waals surface area (Å²) >= 11 is 0. The molecule has 4 heteroatoms. The molecule has 13 heavy (non-hydrogen) atoms. The molecule has 0 unspecified atom stereocenters. The van der Waals surface area contributed by atoms with Crippen LogP contribution in [0.15, 0.2) is 0 Å². The average molecular weight is 187 g/mol. The van der Waals surface area contributed by atoms with Crippen molar-refractivity contribution >= 4 is 5.97 Å². The van der Waals surface area contributed by atoms with Crippen LogP contribution in [0, 0.1) is 5.92 Å². The Morgan fingerprint density at radius 2 is 2.15 bits per heavy atom. The van der Waals surface area contributed by atoms with Gasteiger partial charge in [0, 0.05) is 19.5 Å². The molecule has 0 atom stereocenters. The van der Waals surface area contributed by atoms with Gasteiger partial charge in [-0.05, 0) is 25.7 Å². The van der Waals surface area contributed by atoms with Gasteiger partial charge in [-0.15, -0.1) is 0 Å². The Balaban J connectivity index is 2.18. The number of carboxylic acids is 1. The molecular formula is C9H17NO3. The van der Waals surface area contributed by atoms with E-state index in [2.05, 4.69) is 0 Å². The Morgan fingerprint density at radius 3 is 2.62 bits per heavy atom. The quantitative estimate of drug-likeness (QED) is 0.716. The Labute approximate surface area is 78.4 Å². The van der Waals surface area contributed by atoms with Crippen molar-refractivity contribution in [1.82, 2.24) is 5.06 Å². The normalized spacial score (nSPS) is 20.4. The van der Waals surface area contributed by atoms with E-state index < -0.39 is 5.97 Å². The summed E-state index contributed by atoms with van der Waals surface area (Å²) in [4.78, 5) is 15.8. The first-order valence-corrected chi connectivity index (χ1v) is 4.82. The van der Waals surface area contributed by atoms with Crippen LogP contribution in [0.3, 0.4) is 0 Å². The lowest BCUT2D eigenvalue weighted by Gasteiger charge is -2.29. The summed E-state index contributed by atoms with van der Waals surface area (Å²) in [6.45, 7) is 4.39. The Hall–Kier alpha value is -0.610. The number of aliphatic carboxylic acids is 1. The van der Waals surface area contributed by atoms with Crippen molar-refractivity contribution in [2.75, 3.05) is 19.7 Å². The molecule has 0 bridgehead atoms. The molecule has 76 valence electrons. The van der Waals surface area contributed by atoms with Gasteiger partial charge >= 0.3 is 5.97 Å². The zero-order valence-electron chi connectivity index (χ0n) is 8.03. The van der Waals surface area contributed by atoms with Crippen LogP contribution in [-0.2, 0) is 9.63 Å². The summed E-state index contributed by atoms with van der Waals surface area (Å²) in [6.07, 6.45) is 2.18. The van der Waals surface area contributed by atoms with Gasteiger partial charge in [0.1, 0.15) is 0 Å². The van der Waals surface area contributed by atoms with E-state index in [0.717, 1.165) is 25.9 Å². The number of nitrogens with zero attached hydrogens (tertiary/aromatic N) is 1. The molecule has 0 aromatic carbocycles. The summed E-state index contributed by atoms with van der Waals surface area (Å²) in [7, 11) is 0. The van der Waals surface area contributed by atoms with E-state index in [0.29, 0.717) is 18.9 Å². The van der Waals surface area contributed by atoms with Gasteiger partial charge in [-0.3, -0.25) is 9.63 Å². The summed E-state index contributed by atoms with van der Waals surface area (Å²) in [6, 6.07) is 0. The molecule has 1 aliphatic heterocycles. The van der Waals surface area contributed by atoms with E-state index in [-0.39, 0.29) is 0 Å². The smallest absolute Gasteiger partial charge is 0.303 e. The minimum Gasteiger partial charge on any atom is -0.481 e. The molecule has 0 radical (unpaired) electrons. The number of hydroxylamine groups is 2. The first-order chi connectivity index (χ1) is 6.22. The van der Waals surface area contributed by atoms with Crippen LogP contribution in [0.4, 0.5) is 0 Å². The zero-order valence-corrected chi connectivity index (χ0v) is 8.03. The van der Waals surface area contributed by atoms with Crippen LogP contribution in [0.25, 0.3) is 0 Å². The second kappa shape index (κ2) is 5.19. The largest absolute Gasteiger partial charge is 0.481 e. The first kappa shape index (κ1) is 10.5. The van der Waals surface area contributed by atoms with Gasteiger partial charge in [0.2, 0.25) is 0 Å². The second-order valence-electron chi connectivity index (χ2n) is 3.39. The van der Waals surface area contributed by atoms with Crippen LogP contribution >= 0.6 is 0 Å². The number of rotatable bonds is 4. The summed E-state index contributed by atoms with van der Waals surface area (Å²) in [5.41, 5.74) is 0. The standard InChI is InChI=1S/C9H17NO3/c1-2-13-10-5-3-8(4-6-10)7-9(11)12/h8H,2-7H2,1H3,(H,11,12). The van der Waals surface area contributed by atoms with Crippen molar-refractivity contribution in [3.63, 3.8) is 0 Å². The van der Waals surface area contributed by atoms with E-state index in [1.807, 2.05) is 12.0 Å². The van der Waals surface area contributed by atoms with Crippen LogP contribution in [-0.4, -0.2) is 35.8 Å². The van der Waals surface area contributed by atoms with Gasteiger partial charge in [-0.2, -0.15) is 5.06 Å².